The van der Waals surface area contributed by atoms with Crippen molar-refractivity contribution in [2.45, 2.75) is 13.8 Å². The number of aryl methyl sites for hydroxylation is 2. The lowest BCUT2D eigenvalue weighted by Gasteiger charge is -2.13. The topological polar surface area (TPSA) is 70.2 Å². The molecule has 0 aliphatic carbocycles. The third-order valence-corrected chi connectivity index (χ3v) is 4.50. The fourth-order valence-corrected chi connectivity index (χ4v) is 3.14. The van der Waals surface area contributed by atoms with Crippen LogP contribution in [-0.2, 0) is 0 Å². The summed E-state index contributed by atoms with van der Waals surface area (Å²) in [6.07, 6.45) is 1.54. The van der Waals surface area contributed by atoms with Crippen molar-refractivity contribution in [3.05, 3.63) is 70.5 Å². The van der Waals surface area contributed by atoms with Gasteiger partial charge in [0, 0.05) is 31.7 Å². The minimum atomic E-state index is -0.345. The predicted molar refractivity (Wildman–Crippen MR) is 115 cm³/mol. The molecule has 0 unspecified atom stereocenters. The summed E-state index contributed by atoms with van der Waals surface area (Å²) in [6.45, 7) is 3.86. The maximum Gasteiger partial charge on any atom is 0.274 e. The Hall–Kier alpha value is -3.12. The zero-order valence-electron chi connectivity index (χ0n) is 16.2. The summed E-state index contributed by atoms with van der Waals surface area (Å²) in [5, 5.41) is 6.45. The van der Waals surface area contributed by atoms with Crippen molar-refractivity contribution < 1.29 is 4.79 Å². The minimum Gasteiger partial charge on any atom is -0.378 e. The molecule has 3 aromatic rings. The first-order valence-electron chi connectivity index (χ1n) is 8.79. The van der Waals surface area contributed by atoms with E-state index in [0.29, 0.717) is 16.7 Å². The van der Waals surface area contributed by atoms with Crippen molar-refractivity contribution in [3.63, 3.8) is 0 Å². The molecule has 0 atom stereocenters. The zero-order valence-corrected chi connectivity index (χ0v) is 17.0. The molecule has 1 amide bonds. The molecule has 2 aromatic carbocycles. The van der Waals surface area contributed by atoms with Crippen LogP contribution in [0.4, 0.5) is 23.0 Å². The SMILES string of the molecule is Cc1cc(C)c(NC(=O)c2ccnc(Nc3ccc(N(C)C)cc3)n2)c(Cl)c1. The first-order chi connectivity index (χ1) is 13.3. The number of halogens is 1. The first kappa shape index (κ1) is 19.6. The number of amides is 1. The number of anilines is 4. The van der Waals surface area contributed by atoms with E-state index < -0.39 is 0 Å². The molecule has 0 bridgehead atoms. The monoisotopic (exact) mass is 395 g/mol. The molecule has 0 fully saturated rings. The molecular formula is C21H22ClN5O. The molecule has 28 heavy (non-hydrogen) atoms. The second-order valence-corrected chi connectivity index (χ2v) is 7.13. The molecule has 7 heteroatoms. The highest BCUT2D eigenvalue weighted by molar-refractivity contribution is 6.34. The van der Waals surface area contributed by atoms with Crippen molar-refractivity contribution in [2.75, 3.05) is 29.6 Å². The Kier molecular flexibility index (Phi) is 5.80. The largest absolute Gasteiger partial charge is 0.378 e. The van der Waals surface area contributed by atoms with E-state index in [1.54, 1.807) is 12.3 Å². The summed E-state index contributed by atoms with van der Waals surface area (Å²) in [5.41, 5.74) is 4.69. The fraction of sp³-hybridized carbons (Fsp3) is 0.190. The Labute approximate surface area is 169 Å². The summed E-state index contributed by atoms with van der Waals surface area (Å²) >= 11 is 6.28. The Morgan fingerprint density at radius 3 is 2.43 bits per heavy atom. The number of hydrogen-bond acceptors (Lipinski definition) is 5. The van der Waals surface area contributed by atoms with Gasteiger partial charge in [0.1, 0.15) is 5.69 Å². The first-order valence-corrected chi connectivity index (χ1v) is 9.17. The number of nitrogens with zero attached hydrogens (tertiary/aromatic N) is 3. The van der Waals surface area contributed by atoms with E-state index in [2.05, 4.69) is 20.6 Å². The van der Waals surface area contributed by atoms with Crippen LogP contribution >= 0.6 is 11.6 Å². The maximum atomic E-state index is 12.6. The van der Waals surface area contributed by atoms with Crippen LogP contribution in [0.25, 0.3) is 0 Å². The second-order valence-electron chi connectivity index (χ2n) is 6.72. The summed E-state index contributed by atoms with van der Waals surface area (Å²) in [5.74, 6) is -0.000707. The molecular weight excluding hydrogens is 374 g/mol. The molecule has 2 N–H and O–H groups in total. The normalized spacial score (nSPS) is 10.5. The van der Waals surface area contributed by atoms with Crippen molar-refractivity contribution in [1.29, 1.82) is 0 Å². The number of hydrogen-bond donors (Lipinski definition) is 2. The highest BCUT2D eigenvalue weighted by Crippen LogP contribution is 2.27. The quantitative estimate of drug-likeness (QED) is 0.648. The average Bonchev–Trinajstić information content (AvgIpc) is 2.65. The van der Waals surface area contributed by atoms with Crippen LogP contribution in [-0.4, -0.2) is 30.0 Å². The van der Waals surface area contributed by atoms with Gasteiger partial charge in [-0.25, -0.2) is 9.97 Å². The van der Waals surface area contributed by atoms with E-state index in [1.165, 1.54) is 0 Å². The van der Waals surface area contributed by atoms with Gasteiger partial charge in [0.2, 0.25) is 5.95 Å². The van der Waals surface area contributed by atoms with Crippen LogP contribution in [0.2, 0.25) is 5.02 Å². The third-order valence-electron chi connectivity index (χ3n) is 4.20. The van der Waals surface area contributed by atoms with Gasteiger partial charge in [-0.05, 0) is 61.4 Å². The zero-order chi connectivity index (χ0) is 20.3. The van der Waals surface area contributed by atoms with E-state index in [4.69, 9.17) is 11.6 Å². The van der Waals surface area contributed by atoms with Gasteiger partial charge in [0.25, 0.3) is 5.91 Å². The third kappa shape index (κ3) is 4.58. The lowest BCUT2D eigenvalue weighted by molar-refractivity contribution is 0.102. The molecule has 0 radical (unpaired) electrons. The second kappa shape index (κ2) is 8.27. The van der Waals surface area contributed by atoms with E-state index in [1.807, 2.05) is 69.2 Å². The Morgan fingerprint density at radius 1 is 1.07 bits per heavy atom. The van der Waals surface area contributed by atoms with E-state index >= 15 is 0 Å². The van der Waals surface area contributed by atoms with E-state index in [0.717, 1.165) is 22.5 Å². The molecule has 0 saturated heterocycles. The number of carbonyl (C=O) groups excluding carboxylic acids is 1. The van der Waals surface area contributed by atoms with Gasteiger partial charge < -0.3 is 15.5 Å². The predicted octanol–water partition coefficient (Wildman–Crippen LogP) is 4.81. The maximum absolute atomic E-state index is 12.6. The standard InChI is InChI=1S/C21H22ClN5O/c1-13-11-14(2)19(17(22)12-13)26-20(28)18-9-10-23-21(25-18)24-15-5-7-16(8-6-15)27(3)4/h5-12H,1-4H3,(H,26,28)(H,23,24,25). The summed E-state index contributed by atoms with van der Waals surface area (Å²) in [7, 11) is 3.96. The van der Waals surface area contributed by atoms with Crippen LogP contribution in [0, 0.1) is 13.8 Å². The lowest BCUT2D eigenvalue weighted by Crippen LogP contribution is -2.16. The summed E-state index contributed by atoms with van der Waals surface area (Å²) in [4.78, 5) is 23.2. The van der Waals surface area contributed by atoms with Crippen molar-refractivity contribution in [3.8, 4) is 0 Å². The molecule has 1 heterocycles. The number of nitrogens with one attached hydrogen (secondary N) is 2. The summed E-state index contributed by atoms with van der Waals surface area (Å²) in [6, 6.07) is 13.2. The Morgan fingerprint density at radius 2 is 1.79 bits per heavy atom. The van der Waals surface area contributed by atoms with Gasteiger partial charge in [-0.15, -0.1) is 0 Å². The average molecular weight is 396 g/mol. The fourth-order valence-electron chi connectivity index (χ4n) is 2.77. The van der Waals surface area contributed by atoms with Crippen LogP contribution in [0.1, 0.15) is 21.6 Å². The highest BCUT2D eigenvalue weighted by atomic mass is 35.5. The van der Waals surface area contributed by atoms with Crippen LogP contribution < -0.4 is 15.5 Å². The van der Waals surface area contributed by atoms with E-state index in [-0.39, 0.29) is 11.6 Å². The number of rotatable bonds is 5. The van der Waals surface area contributed by atoms with Crippen molar-refractivity contribution in [2.24, 2.45) is 0 Å². The molecule has 6 nitrogen and oxygen atoms in total. The van der Waals surface area contributed by atoms with Crippen LogP contribution in [0.15, 0.2) is 48.7 Å². The van der Waals surface area contributed by atoms with Gasteiger partial charge in [0.15, 0.2) is 0 Å². The number of aromatic nitrogens is 2. The van der Waals surface area contributed by atoms with Crippen molar-refractivity contribution in [1.82, 2.24) is 9.97 Å². The number of carbonyl (C=O) groups is 1. The van der Waals surface area contributed by atoms with Gasteiger partial charge in [-0.3, -0.25) is 4.79 Å². The molecule has 3 rings (SSSR count). The minimum absolute atomic E-state index is 0.249. The number of benzene rings is 2. The Balaban J connectivity index is 1.76. The molecule has 0 aliphatic heterocycles. The molecule has 144 valence electrons. The van der Waals surface area contributed by atoms with Crippen molar-refractivity contribution >= 4 is 40.5 Å². The van der Waals surface area contributed by atoms with Gasteiger partial charge in [0.05, 0.1) is 10.7 Å². The molecule has 0 saturated carbocycles. The highest BCUT2D eigenvalue weighted by Gasteiger charge is 2.13. The molecule has 1 aromatic heterocycles. The van der Waals surface area contributed by atoms with Crippen LogP contribution in [0.3, 0.4) is 0 Å². The van der Waals surface area contributed by atoms with Gasteiger partial charge in [-0.1, -0.05) is 17.7 Å². The summed E-state index contributed by atoms with van der Waals surface area (Å²) < 4.78 is 0. The van der Waals surface area contributed by atoms with E-state index in [9.17, 15) is 4.79 Å². The van der Waals surface area contributed by atoms with Crippen LogP contribution in [0.5, 0.6) is 0 Å². The van der Waals surface area contributed by atoms with Gasteiger partial charge >= 0.3 is 0 Å². The van der Waals surface area contributed by atoms with Gasteiger partial charge in [-0.2, -0.15) is 0 Å². The Bertz CT molecular complexity index is 979. The smallest absolute Gasteiger partial charge is 0.274 e. The molecule has 0 aliphatic rings. The lowest BCUT2D eigenvalue weighted by atomic mass is 10.1. The molecule has 0 spiro atoms.